The zero-order chi connectivity index (χ0) is 12.5. The standard InChI is InChI=1S/C13H23N3O2/c1-14-12-8-18-7-10(12)13(17)15-11-6-16-4-2-9(11)3-5-16/h9-12,14H,2-8H2,1H3,(H,15,17). The Morgan fingerprint density at radius 2 is 2.00 bits per heavy atom. The fourth-order valence-corrected chi connectivity index (χ4v) is 3.52. The minimum Gasteiger partial charge on any atom is -0.379 e. The van der Waals surface area contributed by atoms with Crippen LogP contribution in [-0.4, -0.2) is 62.8 Å². The minimum atomic E-state index is -0.0227. The second-order valence-corrected chi connectivity index (χ2v) is 5.79. The molecule has 4 rings (SSSR count). The molecule has 4 saturated heterocycles. The van der Waals surface area contributed by atoms with Crippen molar-refractivity contribution in [2.45, 2.75) is 24.9 Å². The number of rotatable bonds is 3. The van der Waals surface area contributed by atoms with Gasteiger partial charge in [-0.05, 0) is 38.9 Å². The van der Waals surface area contributed by atoms with E-state index in [1.807, 2.05) is 7.05 Å². The van der Waals surface area contributed by atoms with E-state index < -0.39 is 0 Å². The molecule has 4 aliphatic heterocycles. The first-order valence-electron chi connectivity index (χ1n) is 7.05. The van der Waals surface area contributed by atoms with Crippen LogP contribution in [0.25, 0.3) is 0 Å². The number of hydrogen-bond acceptors (Lipinski definition) is 4. The molecular weight excluding hydrogens is 230 g/mol. The Morgan fingerprint density at radius 1 is 1.22 bits per heavy atom. The zero-order valence-electron chi connectivity index (χ0n) is 11.0. The maximum Gasteiger partial charge on any atom is 0.227 e. The fourth-order valence-electron chi connectivity index (χ4n) is 3.52. The zero-order valence-corrected chi connectivity index (χ0v) is 11.0. The van der Waals surface area contributed by atoms with E-state index in [9.17, 15) is 4.79 Å². The van der Waals surface area contributed by atoms with Gasteiger partial charge in [0.2, 0.25) is 5.91 Å². The van der Waals surface area contributed by atoms with E-state index in [0.717, 1.165) is 6.54 Å². The molecule has 0 aromatic heterocycles. The number of piperidine rings is 3. The first-order valence-corrected chi connectivity index (χ1v) is 7.05. The average molecular weight is 253 g/mol. The lowest BCUT2D eigenvalue weighted by molar-refractivity contribution is -0.127. The van der Waals surface area contributed by atoms with Gasteiger partial charge in [0.05, 0.1) is 19.1 Å². The second kappa shape index (κ2) is 5.15. The smallest absolute Gasteiger partial charge is 0.227 e. The number of hydrogen-bond donors (Lipinski definition) is 2. The largest absolute Gasteiger partial charge is 0.379 e. The number of ether oxygens (including phenoxy) is 1. The number of likely N-dealkylation sites (N-methyl/N-ethyl adjacent to an activating group) is 1. The van der Waals surface area contributed by atoms with Gasteiger partial charge in [0.25, 0.3) is 0 Å². The van der Waals surface area contributed by atoms with Crippen molar-refractivity contribution in [3.05, 3.63) is 0 Å². The minimum absolute atomic E-state index is 0.0227. The molecular formula is C13H23N3O2. The van der Waals surface area contributed by atoms with Gasteiger partial charge < -0.3 is 20.3 Å². The van der Waals surface area contributed by atoms with Crippen molar-refractivity contribution in [2.75, 3.05) is 39.9 Å². The van der Waals surface area contributed by atoms with E-state index in [1.54, 1.807) is 0 Å². The predicted octanol–water partition coefficient (Wildman–Crippen LogP) is -0.569. The Morgan fingerprint density at radius 3 is 2.61 bits per heavy atom. The second-order valence-electron chi connectivity index (χ2n) is 5.79. The third-order valence-corrected chi connectivity index (χ3v) is 4.77. The highest BCUT2D eigenvalue weighted by Gasteiger charge is 2.38. The van der Waals surface area contributed by atoms with Crippen molar-refractivity contribution >= 4 is 5.91 Å². The summed E-state index contributed by atoms with van der Waals surface area (Å²) in [4.78, 5) is 14.8. The van der Waals surface area contributed by atoms with Gasteiger partial charge in [0.15, 0.2) is 0 Å². The Labute approximate surface area is 108 Å². The van der Waals surface area contributed by atoms with Crippen molar-refractivity contribution in [1.82, 2.24) is 15.5 Å². The van der Waals surface area contributed by atoms with Gasteiger partial charge in [-0.2, -0.15) is 0 Å². The molecule has 4 heterocycles. The van der Waals surface area contributed by atoms with Crippen LogP contribution in [-0.2, 0) is 9.53 Å². The maximum atomic E-state index is 12.3. The molecule has 18 heavy (non-hydrogen) atoms. The van der Waals surface area contributed by atoms with Crippen LogP contribution >= 0.6 is 0 Å². The van der Waals surface area contributed by atoms with E-state index in [4.69, 9.17) is 4.74 Å². The summed E-state index contributed by atoms with van der Waals surface area (Å²) in [5.41, 5.74) is 0. The molecule has 5 nitrogen and oxygen atoms in total. The maximum absolute atomic E-state index is 12.3. The third kappa shape index (κ3) is 2.27. The van der Waals surface area contributed by atoms with E-state index in [0.29, 0.717) is 25.2 Å². The van der Waals surface area contributed by atoms with Gasteiger partial charge >= 0.3 is 0 Å². The van der Waals surface area contributed by atoms with Crippen LogP contribution in [0.2, 0.25) is 0 Å². The highest BCUT2D eigenvalue weighted by Crippen LogP contribution is 2.28. The number of nitrogens with one attached hydrogen (secondary N) is 2. The molecule has 0 spiro atoms. The van der Waals surface area contributed by atoms with Gasteiger partial charge in [-0.25, -0.2) is 0 Å². The molecule has 0 aromatic rings. The van der Waals surface area contributed by atoms with E-state index in [-0.39, 0.29) is 17.9 Å². The molecule has 2 bridgehead atoms. The van der Waals surface area contributed by atoms with Gasteiger partial charge in [-0.3, -0.25) is 4.79 Å². The summed E-state index contributed by atoms with van der Waals surface area (Å²) in [7, 11) is 1.90. The van der Waals surface area contributed by atoms with Crippen molar-refractivity contribution in [1.29, 1.82) is 0 Å². The molecule has 2 N–H and O–H groups in total. The number of amides is 1. The van der Waals surface area contributed by atoms with Crippen LogP contribution in [0, 0.1) is 11.8 Å². The van der Waals surface area contributed by atoms with Gasteiger partial charge in [0.1, 0.15) is 0 Å². The van der Waals surface area contributed by atoms with Crippen molar-refractivity contribution in [2.24, 2.45) is 11.8 Å². The van der Waals surface area contributed by atoms with E-state index in [1.165, 1.54) is 25.9 Å². The molecule has 0 aromatic carbocycles. The molecule has 4 fully saturated rings. The molecule has 0 saturated carbocycles. The molecule has 3 unspecified atom stereocenters. The summed E-state index contributed by atoms with van der Waals surface area (Å²) in [6.07, 6.45) is 2.48. The van der Waals surface area contributed by atoms with Gasteiger partial charge in [-0.15, -0.1) is 0 Å². The Balaban J connectivity index is 1.57. The first kappa shape index (κ1) is 12.4. The molecule has 5 heteroatoms. The lowest BCUT2D eigenvalue weighted by atomic mass is 9.83. The van der Waals surface area contributed by atoms with Crippen LogP contribution < -0.4 is 10.6 Å². The number of fused-ring (bicyclic) bond motifs is 3. The van der Waals surface area contributed by atoms with Crippen molar-refractivity contribution < 1.29 is 9.53 Å². The summed E-state index contributed by atoms with van der Waals surface area (Å²) in [6, 6.07) is 0.532. The number of carbonyl (C=O) groups is 1. The first-order chi connectivity index (χ1) is 8.78. The fraction of sp³-hybridized carbons (Fsp3) is 0.923. The molecule has 3 atom stereocenters. The summed E-state index contributed by atoms with van der Waals surface area (Å²) in [5.74, 6) is 0.838. The average Bonchev–Trinajstić information content (AvgIpc) is 2.88. The monoisotopic (exact) mass is 253 g/mol. The molecule has 102 valence electrons. The third-order valence-electron chi connectivity index (χ3n) is 4.77. The van der Waals surface area contributed by atoms with Crippen LogP contribution in [0.3, 0.4) is 0 Å². The van der Waals surface area contributed by atoms with Crippen LogP contribution in [0.1, 0.15) is 12.8 Å². The van der Waals surface area contributed by atoms with Crippen LogP contribution in [0.15, 0.2) is 0 Å². The number of carbonyl (C=O) groups excluding carboxylic acids is 1. The molecule has 1 amide bonds. The lowest BCUT2D eigenvalue weighted by Gasteiger charge is -2.45. The Hall–Kier alpha value is -0.650. The van der Waals surface area contributed by atoms with Gasteiger partial charge in [-0.1, -0.05) is 0 Å². The van der Waals surface area contributed by atoms with Crippen molar-refractivity contribution in [3.63, 3.8) is 0 Å². The van der Waals surface area contributed by atoms with E-state index in [2.05, 4.69) is 15.5 Å². The van der Waals surface area contributed by atoms with Gasteiger partial charge in [0, 0.05) is 18.6 Å². The summed E-state index contributed by atoms with van der Waals surface area (Å²) >= 11 is 0. The Kier molecular flexibility index (Phi) is 3.54. The van der Waals surface area contributed by atoms with Crippen LogP contribution in [0.5, 0.6) is 0 Å². The molecule has 0 aliphatic carbocycles. The quantitative estimate of drug-likeness (QED) is 0.707. The normalized spacial score (nSPS) is 43.1. The molecule has 0 radical (unpaired) electrons. The predicted molar refractivity (Wildman–Crippen MR) is 68.3 cm³/mol. The lowest BCUT2D eigenvalue weighted by Crippen LogP contribution is -2.58. The molecule has 4 aliphatic rings. The topological polar surface area (TPSA) is 53.6 Å². The number of nitrogens with zero attached hydrogens (tertiary/aromatic N) is 1. The highest BCUT2D eigenvalue weighted by molar-refractivity contribution is 5.80. The SMILES string of the molecule is CNC1COCC1C(=O)NC1CN2CCC1CC2. The van der Waals surface area contributed by atoms with Crippen LogP contribution in [0.4, 0.5) is 0 Å². The summed E-state index contributed by atoms with van der Waals surface area (Å²) in [5, 5.41) is 6.43. The van der Waals surface area contributed by atoms with E-state index >= 15 is 0 Å². The summed E-state index contributed by atoms with van der Waals surface area (Å²) in [6.45, 7) is 4.66. The van der Waals surface area contributed by atoms with Crippen molar-refractivity contribution in [3.8, 4) is 0 Å². The summed E-state index contributed by atoms with van der Waals surface area (Å²) < 4.78 is 5.40. The highest BCUT2D eigenvalue weighted by atomic mass is 16.5. The Bertz CT molecular complexity index is 315.